The van der Waals surface area contributed by atoms with E-state index in [1.807, 2.05) is 40.6 Å². The lowest BCUT2D eigenvalue weighted by atomic mass is 10.1. The number of hydrogen-bond acceptors (Lipinski definition) is 6. The number of rotatable bonds is 5. The second-order valence-electron chi connectivity index (χ2n) is 7.37. The van der Waals surface area contributed by atoms with Crippen molar-refractivity contribution in [3.8, 4) is 11.6 Å². The number of halogens is 1. The molecule has 3 aromatic heterocycles. The summed E-state index contributed by atoms with van der Waals surface area (Å²) in [5.74, 6) is 1.45. The molecule has 4 aromatic rings. The summed E-state index contributed by atoms with van der Waals surface area (Å²) in [6.07, 6.45) is 6.89. The highest BCUT2D eigenvalue weighted by atomic mass is 19.1. The zero-order chi connectivity index (χ0) is 22.1. The van der Waals surface area contributed by atoms with Crippen LogP contribution in [0.25, 0.3) is 17.8 Å². The van der Waals surface area contributed by atoms with E-state index in [9.17, 15) is 4.39 Å². The van der Waals surface area contributed by atoms with E-state index in [1.165, 1.54) is 12.1 Å². The average Bonchev–Trinajstić information content (AvgIpc) is 3.43. The van der Waals surface area contributed by atoms with Crippen molar-refractivity contribution in [1.82, 2.24) is 29.3 Å². The van der Waals surface area contributed by atoms with E-state index in [0.717, 1.165) is 16.9 Å². The number of ether oxygens (including phenoxy) is 2. The van der Waals surface area contributed by atoms with Crippen LogP contribution in [0.2, 0.25) is 0 Å². The molecule has 0 saturated heterocycles. The van der Waals surface area contributed by atoms with Gasteiger partial charge in [-0.1, -0.05) is 12.1 Å². The van der Waals surface area contributed by atoms with E-state index < -0.39 is 0 Å². The van der Waals surface area contributed by atoms with Gasteiger partial charge in [-0.05, 0) is 48.9 Å². The number of benzene rings is 1. The highest BCUT2D eigenvalue weighted by Gasteiger charge is 2.26. The fourth-order valence-corrected chi connectivity index (χ4v) is 3.62. The third kappa shape index (κ3) is 3.90. The Bertz CT molecular complexity index is 1280. The van der Waals surface area contributed by atoms with Crippen LogP contribution in [0.1, 0.15) is 34.7 Å². The fraction of sp³-hybridized carbons (Fsp3) is 0.217. The van der Waals surface area contributed by atoms with E-state index in [0.29, 0.717) is 36.4 Å². The van der Waals surface area contributed by atoms with Crippen LogP contribution in [0.5, 0.6) is 5.88 Å². The number of fused-ring (bicyclic) bond motifs is 1. The molecule has 8 nitrogen and oxygen atoms in total. The first-order chi connectivity index (χ1) is 15.6. The van der Waals surface area contributed by atoms with E-state index >= 15 is 0 Å². The molecule has 32 heavy (non-hydrogen) atoms. The van der Waals surface area contributed by atoms with Crippen LogP contribution in [0.15, 0.2) is 48.9 Å². The molecule has 5 rings (SSSR count). The van der Waals surface area contributed by atoms with Crippen molar-refractivity contribution in [2.24, 2.45) is 0 Å². The van der Waals surface area contributed by atoms with Gasteiger partial charge in [0, 0.05) is 6.20 Å². The van der Waals surface area contributed by atoms with Gasteiger partial charge in [0.1, 0.15) is 17.6 Å². The topological polar surface area (TPSA) is 79.9 Å². The lowest BCUT2D eigenvalue weighted by Gasteiger charge is -2.23. The maximum atomic E-state index is 13.3. The molecule has 1 aliphatic rings. The zero-order valence-corrected chi connectivity index (χ0v) is 17.6. The van der Waals surface area contributed by atoms with E-state index in [2.05, 4.69) is 20.1 Å². The molecule has 0 bridgehead atoms. The lowest BCUT2D eigenvalue weighted by Crippen LogP contribution is -2.23. The quantitative estimate of drug-likeness (QED) is 0.479. The number of aromatic nitrogens is 6. The Labute approximate surface area is 184 Å². The summed E-state index contributed by atoms with van der Waals surface area (Å²) in [5.41, 5.74) is 3.27. The summed E-state index contributed by atoms with van der Waals surface area (Å²) in [4.78, 5) is 13.4. The molecule has 0 aliphatic carbocycles. The first-order valence-corrected chi connectivity index (χ1v) is 10.2. The maximum Gasteiger partial charge on any atom is 0.238 e. The van der Waals surface area contributed by atoms with Gasteiger partial charge in [-0.25, -0.2) is 24.0 Å². The van der Waals surface area contributed by atoms with Gasteiger partial charge in [-0.2, -0.15) is 5.10 Å². The number of hydrogen-bond donors (Lipinski definition) is 0. The summed E-state index contributed by atoms with van der Waals surface area (Å²) >= 11 is 0. The van der Waals surface area contributed by atoms with Gasteiger partial charge in [0.2, 0.25) is 5.88 Å². The Morgan fingerprint density at radius 3 is 2.72 bits per heavy atom. The second-order valence-corrected chi connectivity index (χ2v) is 7.37. The van der Waals surface area contributed by atoms with Crippen LogP contribution in [0.4, 0.5) is 4.39 Å². The molecule has 0 radical (unpaired) electrons. The van der Waals surface area contributed by atoms with E-state index in [4.69, 9.17) is 9.47 Å². The van der Waals surface area contributed by atoms with E-state index in [1.54, 1.807) is 31.6 Å². The zero-order valence-electron chi connectivity index (χ0n) is 17.6. The molecule has 4 heterocycles. The highest BCUT2D eigenvalue weighted by Crippen LogP contribution is 2.28. The Balaban J connectivity index is 1.40. The summed E-state index contributed by atoms with van der Waals surface area (Å²) in [6.45, 7) is 3.05. The minimum Gasteiger partial charge on any atom is -0.479 e. The van der Waals surface area contributed by atoms with Crippen LogP contribution < -0.4 is 4.74 Å². The summed E-state index contributed by atoms with van der Waals surface area (Å²) in [5, 5.41) is 4.56. The van der Waals surface area contributed by atoms with Crippen molar-refractivity contribution >= 4 is 12.2 Å². The first-order valence-electron chi connectivity index (χ1n) is 10.2. The summed E-state index contributed by atoms with van der Waals surface area (Å²) in [7, 11) is 1.59. The fourth-order valence-electron chi connectivity index (χ4n) is 3.62. The average molecular weight is 432 g/mol. The Morgan fingerprint density at radius 2 is 1.97 bits per heavy atom. The number of imidazole rings is 1. The van der Waals surface area contributed by atoms with Gasteiger partial charge in [0.25, 0.3) is 0 Å². The Kier molecular flexibility index (Phi) is 5.24. The molecular weight excluding hydrogens is 411 g/mol. The van der Waals surface area contributed by atoms with Gasteiger partial charge >= 0.3 is 0 Å². The molecule has 1 unspecified atom stereocenters. The van der Waals surface area contributed by atoms with Crippen molar-refractivity contribution in [2.45, 2.75) is 19.6 Å². The third-order valence-electron chi connectivity index (χ3n) is 5.16. The Hall–Kier alpha value is -3.85. The molecule has 0 N–H and O–H groups in total. The standard InChI is InChI=1S/C23H21FN6O2/c1-15-13-29(14-25-15)19-9-7-18(26-23(19)31-2)8-10-20-27-22-21(32-12-11-30(22)28-20)16-3-5-17(24)6-4-16/h3-10,13-14,21H,11-12H2,1-2H3. The molecule has 1 aromatic carbocycles. The number of aryl methyl sites for hydroxylation is 1. The summed E-state index contributed by atoms with van der Waals surface area (Å²) < 4.78 is 28.3. The molecule has 0 spiro atoms. The van der Waals surface area contributed by atoms with Gasteiger partial charge in [0.15, 0.2) is 11.6 Å². The smallest absolute Gasteiger partial charge is 0.238 e. The molecule has 0 amide bonds. The van der Waals surface area contributed by atoms with E-state index in [-0.39, 0.29) is 11.9 Å². The number of methoxy groups -OCH3 is 1. The van der Waals surface area contributed by atoms with Crippen LogP contribution in [0.3, 0.4) is 0 Å². The van der Waals surface area contributed by atoms with Crippen molar-refractivity contribution in [2.75, 3.05) is 13.7 Å². The van der Waals surface area contributed by atoms with Gasteiger partial charge in [0.05, 0.1) is 38.0 Å². The van der Waals surface area contributed by atoms with Crippen LogP contribution in [-0.2, 0) is 11.3 Å². The van der Waals surface area contributed by atoms with Crippen LogP contribution in [-0.4, -0.2) is 43.0 Å². The van der Waals surface area contributed by atoms with Crippen molar-refractivity contribution in [3.63, 3.8) is 0 Å². The largest absolute Gasteiger partial charge is 0.479 e. The lowest BCUT2D eigenvalue weighted by molar-refractivity contribution is 0.0389. The van der Waals surface area contributed by atoms with Crippen molar-refractivity contribution in [3.05, 3.63) is 83.3 Å². The predicted octanol–water partition coefficient (Wildman–Crippen LogP) is 3.60. The molecule has 162 valence electrons. The molecule has 9 heteroatoms. The van der Waals surface area contributed by atoms with Crippen LogP contribution >= 0.6 is 0 Å². The first kappa shape index (κ1) is 20.1. The number of nitrogens with zero attached hydrogens (tertiary/aromatic N) is 6. The van der Waals surface area contributed by atoms with Gasteiger partial charge in [-0.3, -0.25) is 0 Å². The molecule has 1 atom stereocenters. The normalized spacial score (nSPS) is 15.8. The summed E-state index contributed by atoms with van der Waals surface area (Å²) in [6, 6.07) is 10.1. The second kappa shape index (κ2) is 8.35. The monoisotopic (exact) mass is 432 g/mol. The van der Waals surface area contributed by atoms with Crippen molar-refractivity contribution in [1.29, 1.82) is 0 Å². The van der Waals surface area contributed by atoms with Crippen LogP contribution in [0, 0.1) is 12.7 Å². The minimum absolute atomic E-state index is 0.285. The number of pyridine rings is 1. The maximum absolute atomic E-state index is 13.3. The molecule has 0 fully saturated rings. The van der Waals surface area contributed by atoms with Gasteiger partial charge in [-0.15, -0.1) is 0 Å². The molecular formula is C23H21FN6O2. The third-order valence-corrected chi connectivity index (χ3v) is 5.16. The van der Waals surface area contributed by atoms with Crippen molar-refractivity contribution < 1.29 is 13.9 Å². The minimum atomic E-state index is -0.380. The predicted molar refractivity (Wildman–Crippen MR) is 116 cm³/mol. The highest BCUT2D eigenvalue weighted by molar-refractivity contribution is 5.65. The SMILES string of the molecule is COc1nc(C=Cc2nc3n(n2)CCOC3c2ccc(F)cc2)ccc1-n1cnc(C)c1. The molecule has 1 aliphatic heterocycles. The molecule has 0 saturated carbocycles. The van der Waals surface area contributed by atoms with Gasteiger partial charge < -0.3 is 14.0 Å². The Morgan fingerprint density at radius 1 is 1.12 bits per heavy atom.